The van der Waals surface area contributed by atoms with Gasteiger partial charge in [0.15, 0.2) is 6.10 Å². The molecule has 0 radical (unpaired) electrons. The minimum absolute atomic E-state index is 0.170. The van der Waals surface area contributed by atoms with Gasteiger partial charge in [-0.2, -0.15) is 0 Å². The van der Waals surface area contributed by atoms with Crippen LogP contribution >= 0.6 is 0 Å². The van der Waals surface area contributed by atoms with E-state index in [1.807, 2.05) is 38.1 Å². The van der Waals surface area contributed by atoms with Crippen molar-refractivity contribution in [3.63, 3.8) is 0 Å². The Balaban J connectivity index is 1.58. The lowest BCUT2D eigenvalue weighted by atomic mass is 9.89. The number of sulfonamides is 1. The first kappa shape index (κ1) is 20.5. The number of ether oxygens (including phenoxy) is 2. The first-order chi connectivity index (χ1) is 14.1. The van der Waals surface area contributed by atoms with E-state index in [1.54, 1.807) is 24.3 Å². The fraction of sp³-hybridized carbons (Fsp3) is 0.409. The van der Waals surface area contributed by atoms with Crippen LogP contribution in [0.1, 0.15) is 38.3 Å². The Morgan fingerprint density at radius 2 is 1.77 bits per heavy atom. The molecule has 0 unspecified atom stereocenters. The van der Waals surface area contributed by atoms with Gasteiger partial charge >= 0.3 is 0 Å². The van der Waals surface area contributed by atoms with E-state index in [1.165, 1.54) is 4.31 Å². The number of hydrogen-bond acceptors (Lipinski definition) is 5. The molecule has 0 fully saturated rings. The number of rotatable bonds is 3. The van der Waals surface area contributed by atoms with Crippen molar-refractivity contribution in [2.45, 2.75) is 44.4 Å². The Kier molecular flexibility index (Phi) is 5.13. The number of carbonyl (C=O) groups excluding carboxylic acids is 1. The summed E-state index contributed by atoms with van der Waals surface area (Å²) < 4.78 is 37.8. The number of hydrogen-bond donors (Lipinski definition) is 1. The second-order valence-corrected chi connectivity index (χ2v) is 10.3. The largest absolute Gasteiger partial charge is 0.487 e. The summed E-state index contributed by atoms with van der Waals surface area (Å²) in [5.74, 6) is 0.875. The second kappa shape index (κ2) is 7.50. The van der Waals surface area contributed by atoms with E-state index >= 15 is 0 Å². The number of para-hydroxylation sites is 3. The third-order valence-electron chi connectivity index (χ3n) is 5.38. The molecule has 8 heteroatoms. The molecular formula is C22H26N2O5S. The molecule has 2 aromatic carbocycles. The first-order valence-corrected chi connectivity index (χ1v) is 11.8. The van der Waals surface area contributed by atoms with Gasteiger partial charge in [0.2, 0.25) is 10.0 Å². The average Bonchev–Trinajstić information content (AvgIpc) is 2.86. The predicted molar refractivity (Wildman–Crippen MR) is 114 cm³/mol. The van der Waals surface area contributed by atoms with Gasteiger partial charge in [-0.05, 0) is 32.0 Å². The molecule has 1 N–H and O–H groups in total. The third-order valence-corrected chi connectivity index (χ3v) is 6.56. The van der Waals surface area contributed by atoms with Gasteiger partial charge in [-0.15, -0.1) is 0 Å². The molecule has 0 spiro atoms. The van der Waals surface area contributed by atoms with Gasteiger partial charge in [-0.3, -0.25) is 9.10 Å². The molecule has 0 saturated carbocycles. The van der Waals surface area contributed by atoms with E-state index in [0.29, 0.717) is 17.9 Å². The van der Waals surface area contributed by atoms with Gasteiger partial charge in [-0.1, -0.05) is 30.3 Å². The summed E-state index contributed by atoms with van der Waals surface area (Å²) in [5.41, 5.74) is 0.959. The fourth-order valence-corrected chi connectivity index (χ4v) is 5.00. The summed E-state index contributed by atoms with van der Waals surface area (Å²) in [6, 6.07) is 14.3. The fourth-order valence-electron chi connectivity index (χ4n) is 4.05. The first-order valence-electron chi connectivity index (χ1n) is 9.96. The molecule has 2 heterocycles. The molecule has 1 amide bonds. The van der Waals surface area contributed by atoms with Crippen molar-refractivity contribution in [2.75, 3.05) is 17.1 Å². The highest BCUT2D eigenvalue weighted by Crippen LogP contribution is 2.39. The lowest BCUT2D eigenvalue weighted by Crippen LogP contribution is -2.46. The zero-order chi connectivity index (χ0) is 21.5. The summed E-state index contributed by atoms with van der Waals surface area (Å²) in [5, 5.41) is 3.10. The van der Waals surface area contributed by atoms with E-state index in [9.17, 15) is 13.2 Å². The van der Waals surface area contributed by atoms with Crippen LogP contribution in [0.5, 0.6) is 11.5 Å². The normalized spacial score (nSPS) is 22.6. The maximum absolute atomic E-state index is 13.2. The Morgan fingerprint density at radius 1 is 1.10 bits per heavy atom. The van der Waals surface area contributed by atoms with Crippen molar-refractivity contribution < 1.29 is 22.7 Å². The Morgan fingerprint density at radius 3 is 2.50 bits per heavy atom. The molecule has 30 heavy (non-hydrogen) atoms. The molecule has 4 rings (SSSR count). The second-order valence-electron chi connectivity index (χ2n) is 8.36. The predicted octanol–water partition coefficient (Wildman–Crippen LogP) is 3.02. The number of carbonyl (C=O) groups is 1. The van der Waals surface area contributed by atoms with E-state index in [2.05, 4.69) is 5.32 Å². The van der Waals surface area contributed by atoms with Crippen LogP contribution in [-0.4, -0.2) is 38.8 Å². The number of nitrogens with zero attached hydrogens (tertiary/aromatic N) is 1. The van der Waals surface area contributed by atoms with E-state index < -0.39 is 21.7 Å². The van der Waals surface area contributed by atoms with Gasteiger partial charge in [0.05, 0.1) is 18.0 Å². The summed E-state index contributed by atoms with van der Waals surface area (Å²) in [6.45, 7) is 4.15. The average molecular weight is 431 g/mol. The zero-order valence-electron chi connectivity index (χ0n) is 17.3. The van der Waals surface area contributed by atoms with Gasteiger partial charge in [0.1, 0.15) is 17.1 Å². The molecule has 160 valence electrons. The molecule has 2 atom stereocenters. The van der Waals surface area contributed by atoms with E-state index in [0.717, 1.165) is 17.6 Å². The highest BCUT2D eigenvalue weighted by atomic mass is 32.2. The van der Waals surface area contributed by atoms with Crippen molar-refractivity contribution in [3.8, 4) is 11.5 Å². The minimum atomic E-state index is -3.49. The van der Waals surface area contributed by atoms with Crippen molar-refractivity contribution >= 4 is 21.6 Å². The van der Waals surface area contributed by atoms with Crippen molar-refractivity contribution in [3.05, 3.63) is 54.1 Å². The number of fused-ring (bicyclic) bond motifs is 2. The number of anilines is 1. The van der Waals surface area contributed by atoms with E-state index in [4.69, 9.17) is 9.47 Å². The standard InChI is InChI=1S/C22H26N2O5S/c1-22(2)14-16(15-8-4-6-10-18(15)29-22)23-21(25)20-12-13-24(30(3,26)27)17-9-5-7-11-19(17)28-20/h4-11,16,20H,12-14H2,1-3H3,(H,23,25)/t16-,20-/m1/s1. The molecular weight excluding hydrogens is 404 g/mol. The van der Waals surface area contributed by atoms with Gasteiger partial charge < -0.3 is 14.8 Å². The van der Waals surface area contributed by atoms with Crippen LogP contribution in [0.3, 0.4) is 0 Å². The molecule has 2 aliphatic rings. The highest BCUT2D eigenvalue weighted by Gasteiger charge is 2.37. The summed E-state index contributed by atoms with van der Waals surface area (Å²) in [4.78, 5) is 13.2. The highest BCUT2D eigenvalue weighted by molar-refractivity contribution is 7.92. The van der Waals surface area contributed by atoms with Gasteiger partial charge in [0, 0.05) is 24.9 Å². The van der Waals surface area contributed by atoms with Crippen LogP contribution in [-0.2, 0) is 14.8 Å². The third kappa shape index (κ3) is 4.09. The lowest BCUT2D eigenvalue weighted by Gasteiger charge is -2.38. The number of nitrogens with one attached hydrogen (secondary N) is 1. The summed E-state index contributed by atoms with van der Waals surface area (Å²) in [7, 11) is -3.49. The van der Waals surface area contributed by atoms with Crippen LogP contribution in [0.25, 0.3) is 0 Å². The van der Waals surface area contributed by atoms with Crippen LogP contribution in [0, 0.1) is 0 Å². The molecule has 0 bridgehead atoms. The summed E-state index contributed by atoms with van der Waals surface area (Å²) >= 11 is 0. The number of amides is 1. The molecule has 2 aromatic rings. The lowest BCUT2D eigenvalue weighted by molar-refractivity contribution is -0.129. The zero-order valence-corrected chi connectivity index (χ0v) is 18.1. The summed E-state index contributed by atoms with van der Waals surface area (Å²) in [6.07, 6.45) is 1.23. The van der Waals surface area contributed by atoms with Crippen LogP contribution < -0.4 is 19.1 Å². The number of benzene rings is 2. The maximum Gasteiger partial charge on any atom is 0.261 e. The van der Waals surface area contributed by atoms with E-state index in [-0.39, 0.29) is 24.9 Å². The molecule has 7 nitrogen and oxygen atoms in total. The van der Waals surface area contributed by atoms with Crippen LogP contribution in [0.15, 0.2) is 48.5 Å². The topological polar surface area (TPSA) is 84.9 Å². The van der Waals surface area contributed by atoms with Crippen molar-refractivity contribution in [2.24, 2.45) is 0 Å². The quantitative estimate of drug-likeness (QED) is 0.809. The Labute approximate surface area is 177 Å². The van der Waals surface area contributed by atoms with Gasteiger partial charge in [-0.25, -0.2) is 8.42 Å². The molecule has 0 saturated heterocycles. The van der Waals surface area contributed by atoms with Crippen molar-refractivity contribution in [1.29, 1.82) is 0 Å². The van der Waals surface area contributed by atoms with Crippen LogP contribution in [0.4, 0.5) is 5.69 Å². The maximum atomic E-state index is 13.2. The van der Waals surface area contributed by atoms with Gasteiger partial charge in [0.25, 0.3) is 5.91 Å². The molecule has 0 aliphatic carbocycles. The Hall–Kier alpha value is -2.74. The van der Waals surface area contributed by atoms with Crippen LogP contribution in [0.2, 0.25) is 0 Å². The Bertz CT molecular complexity index is 1070. The molecule has 0 aromatic heterocycles. The molecule has 2 aliphatic heterocycles. The monoisotopic (exact) mass is 430 g/mol. The van der Waals surface area contributed by atoms with Crippen molar-refractivity contribution in [1.82, 2.24) is 5.32 Å². The SMILES string of the molecule is CC1(C)C[C@@H](NC(=O)[C@H]2CCN(S(C)(=O)=O)c3ccccc3O2)c2ccccc2O1. The smallest absolute Gasteiger partial charge is 0.261 e. The minimum Gasteiger partial charge on any atom is -0.487 e.